The fourth-order valence-electron chi connectivity index (χ4n) is 1.36. The smallest absolute Gasteiger partial charge is 0.335 e. The van der Waals surface area contributed by atoms with Crippen LogP contribution in [0.1, 0.15) is 15.9 Å². The number of nitrogens with zero attached hydrogens (tertiary/aromatic N) is 1. The number of hydrogen-bond donors (Lipinski definition) is 1. The molecule has 2 aromatic rings. The van der Waals surface area contributed by atoms with Crippen molar-refractivity contribution in [2.45, 2.75) is 10.8 Å². The van der Waals surface area contributed by atoms with E-state index in [4.69, 9.17) is 16.7 Å². The molecule has 3 nitrogen and oxygen atoms in total. The molecule has 1 aromatic carbocycles. The van der Waals surface area contributed by atoms with E-state index in [0.717, 1.165) is 11.3 Å². The van der Waals surface area contributed by atoms with Crippen LogP contribution in [0, 0.1) is 0 Å². The van der Waals surface area contributed by atoms with Crippen molar-refractivity contribution in [2.75, 3.05) is 0 Å². The fourth-order valence-corrected chi connectivity index (χ4v) is 2.34. The van der Waals surface area contributed by atoms with E-state index >= 15 is 0 Å². The van der Waals surface area contributed by atoms with E-state index < -0.39 is 5.97 Å². The SMILES string of the molecule is O=C(O)c1ccnc(SCc2ccc(Cl)cc2)c1. The second-order valence-electron chi connectivity index (χ2n) is 3.60. The Hall–Kier alpha value is -1.52. The van der Waals surface area contributed by atoms with Crippen LogP contribution in [0.3, 0.4) is 0 Å². The number of aromatic carboxylic acids is 1. The minimum Gasteiger partial charge on any atom is -0.478 e. The lowest BCUT2D eigenvalue weighted by atomic mass is 10.2. The molecule has 0 saturated carbocycles. The van der Waals surface area contributed by atoms with E-state index in [1.165, 1.54) is 24.0 Å². The standard InChI is InChI=1S/C13H10ClNO2S/c14-11-3-1-9(2-4-11)8-18-12-7-10(13(16)17)5-6-15-12/h1-7H,8H2,(H,16,17). The molecular weight excluding hydrogens is 270 g/mol. The van der Waals surface area contributed by atoms with Crippen molar-refractivity contribution in [3.63, 3.8) is 0 Å². The lowest BCUT2D eigenvalue weighted by Gasteiger charge is -2.02. The molecule has 0 unspecified atom stereocenters. The monoisotopic (exact) mass is 279 g/mol. The summed E-state index contributed by atoms with van der Waals surface area (Å²) < 4.78 is 0. The summed E-state index contributed by atoms with van der Waals surface area (Å²) in [5, 5.41) is 10.3. The summed E-state index contributed by atoms with van der Waals surface area (Å²) in [4.78, 5) is 14.9. The van der Waals surface area contributed by atoms with Gasteiger partial charge in [0.25, 0.3) is 0 Å². The molecular formula is C13H10ClNO2S. The summed E-state index contributed by atoms with van der Waals surface area (Å²) >= 11 is 7.29. The Labute approximate surface area is 114 Å². The fraction of sp³-hybridized carbons (Fsp3) is 0.0769. The minimum atomic E-state index is -0.939. The molecule has 0 aliphatic rings. The third kappa shape index (κ3) is 3.48. The third-order valence-electron chi connectivity index (χ3n) is 2.28. The van der Waals surface area contributed by atoms with Crippen molar-refractivity contribution in [3.05, 3.63) is 58.7 Å². The largest absolute Gasteiger partial charge is 0.478 e. The van der Waals surface area contributed by atoms with Crippen LogP contribution in [0.25, 0.3) is 0 Å². The molecule has 0 fully saturated rings. The molecule has 0 atom stereocenters. The van der Waals surface area contributed by atoms with Gasteiger partial charge in [-0.3, -0.25) is 0 Å². The molecule has 0 bridgehead atoms. The van der Waals surface area contributed by atoms with Crippen LogP contribution >= 0.6 is 23.4 Å². The highest BCUT2D eigenvalue weighted by molar-refractivity contribution is 7.98. The van der Waals surface area contributed by atoms with Crippen molar-refractivity contribution in [3.8, 4) is 0 Å². The average molecular weight is 280 g/mol. The first kappa shape index (κ1) is 12.9. The number of halogens is 1. The first-order valence-corrected chi connectivity index (χ1v) is 6.58. The Kier molecular flexibility index (Phi) is 4.23. The number of benzene rings is 1. The van der Waals surface area contributed by atoms with Gasteiger partial charge in [0.1, 0.15) is 0 Å². The van der Waals surface area contributed by atoms with Gasteiger partial charge in [-0.1, -0.05) is 23.7 Å². The number of pyridine rings is 1. The molecule has 2 rings (SSSR count). The predicted octanol–water partition coefficient (Wildman–Crippen LogP) is 3.73. The summed E-state index contributed by atoms with van der Waals surface area (Å²) in [6.07, 6.45) is 1.51. The van der Waals surface area contributed by atoms with Gasteiger partial charge >= 0.3 is 5.97 Å². The van der Waals surface area contributed by atoms with Gasteiger partial charge in [0.05, 0.1) is 10.6 Å². The Morgan fingerprint density at radius 2 is 2.00 bits per heavy atom. The second-order valence-corrected chi connectivity index (χ2v) is 5.04. The molecule has 18 heavy (non-hydrogen) atoms. The van der Waals surface area contributed by atoms with Gasteiger partial charge in [-0.2, -0.15) is 0 Å². The summed E-state index contributed by atoms with van der Waals surface area (Å²) in [7, 11) is 0. The van der Waals surface area contributed by atoms with Crippen molar-refractivity contribution >= 4 is 29.3 Å². The normalized spacial score (nSPS) is 10.3. The van der Waals surface area contributed by atoms with E-state index in [0.29, 0.717) is 10.0 Å². The lowest BCUT2D eigenvalue weighted by Crippen LogP contribution is -1.96. The Balaban J connectivity index is 2.04. The van der Waals surface area contributed by atoms with Gasteiger partial charge in [-0.05, 0) is 29.8 Å². The molecule has 1 aromatic heterocycles. The van der Waals surface area contributed by atoms with E-state index in [1.54, 1.807) is 6.07 Å². The summed E-state index contributed by atoms with van der Waals surface area (Å²) in [5.74, 6) is -0.210. The molecule has 92 valence electrons. The Bertz CT molecular complexity index is 557. The average Bonchev–Trinajstić information content (AvgIpc) is 2.38. The second kappa shape index (κ2) is 5.89. The lowest BCUT2D eigenvalue weighted by molar-refractivity contribution is 0.0696. The number of carboxylic acid groups (broad SMARTS) is 1. The van der Waals surface area contributed by atoms with Gasteiger partial charge in [-0.25, -0.2) is 9.78 Å². The number of rotatable bonds is 4. The minimum absolute atomic E-state index is 0.253. The molecule has 1 heterocycles. The maximum atomic E-state index is 10.8. The molecule has 0 amide bonds. The van der Waals surface area contributed by atoms with Gasteiger partial charge in [-0.15, -0.1) is 11.8 Å². The van der Waals surface area contributed by atoms with Crippen molar-refractivity contribution < 1.29 is 9.90 Å². The molecule has 0 saturated heterocycles. The zero-order valence-electron chi connectivity index (χ0n) is 9.34. The zero-order valence-corrected chi connectivity index (χ0v) is 10.9. The van der Waals surface area contributed by atoms with Crippen LogP contribution in [0.4, 0.5) is 0 Å². The molecule has 5 heteroatoms. The molecule has 0 radical (unpaired) electrons. The molecule has 0 aliphatic heterocycles. The third-order valence-corrected chi connectivity index (χ3v) is 3.53. The highest BCUT2D eigenvalue weighted by Gasteiger charge is 2.04. The van der Waals surface area contributed by atoms with E-state index in [1.807, 2.05) is 24.3 Å². The first-order valence-electron chi connectivity index (χ1n) is 5.22. The number of carbonyl (C=O) groups is 1. The number of aromatic nitrogens is 1. The van der Waals surface area contributed by atoms with Crippen molar-refractivity contribution in [1.82, 2.24) is 4.98 Å². The zero-order chi connectivity index (χ0) is 13.0. The van der Waals surface area contributed by atoms with Crippen LogP contribution in [-0.4, -0.2) is 16.1 Å². The number of carboxylic acids is 1. The van der Waals surface area contributed by atoms with Gasteiger partial charge in [0.2, 0.25) is 0 Å². The topological polar surface area (TPSA) is 50.2 Å². The maximum Gasteiger partial charge on any atom is 0.335 e. The van der Waals surface area contributed by atoms with E-state index in [9.17, 15) is 4.79 Å². The van der Waals surface area contributed by atoms with Crippen LogP contribution in [0.5, 0.6) is 0 Å². The Morgan fingerprint density at radius 1 is 1.28 bits per heavy atom. The van der Waals surface area contributed by atoms with Crippen molar-refractivity contribution in [2.24, 2.45) is 0 Å². The summed E-state index contributed by atoms with van der Waals surface area (Å²) in [5.41, 5.74) is 1.37. The van der Waals surface area contributed by atoms with Gasteiger partial charge in [0, 0.05) is 17.0 Å². The van der Waals surface area contributed by atoms with Gasteiger partial charge < -0.3 is 5.11 Å². The van der Waals surface area contributed by atoms with Gasteiger partial charge in [0.15, 0.2) is 0 Å². The van der Waals surface area contributed by atoms with E-state index in [-0.39, 0.29) is 5.56 Å². The van der Waals surface area contributed by atoms with Crippen LogP contribution in [-0.2, 0) is 5.75 Å². The van der Waals surface area contributed by atoms with Crippen LogP contribution < -0.4 is 0 Å². The maximum absolute atomic E-state index is 10.8. The summed E-state index contributed by atoms with van der Waals surface area (Å²) in [6.45, 7) is 0. The predicted molar refractivity (Wildman–Crippen MR) is 72.2 cm³/mol. The number of thioether (sulfide) groups is 1. The quantitative estimate of drug-likeness (QED) is 0.867. The molecule has 0 spiro atoms. The summed E-state index contributed by atoms with van der Waals surface area (Å²) in [6, 6.07) is 10.6. The van der Waals surface area contributed by atoms with Crippen LogP contribution in [0.15, 0.2) is 47.6 Å². The van der Waals surface area contributed by atoms with Crippen LogP contribution in [0.2, 0.25) is 5.02 Å². The van der Waals surface area contributed by atoms with Crippen molar-refractivity contribution in [1.29, 1.82) is 0 Å². The molecule has 0 aliphatic carbocycles. The Morgan fingerprint density at radius 3 is 2.67 bits per heavy atom. The number of hydrogen-bond acceptors (Lipinski definition) is 3. The molecule has 1 N–H and O–H groups in total. The van der Waals surface area contributed by atoms with E-state index in [2.05, 4.69) is 4.98 Å². The highest BCUT2D eigenvalue weighted by Crippen LogP contribution is 2.22. The first-order chi connectivity index (χ1) is 8.65. The highest BCUT2D eigenvalue weighted by atomic mass is 35.5.